The molecule has 0 aliphatic carbocycles. The number of pyridine rings is 1. The van der Waals surface area contributed by atoms with Crippen molar-refractivity contribution < 1.29 is 23.9 Å². The molecule has 0 N–H and O–H groups in total. The SMILES string of the molecule is CCOC(=O)C(CC#N)(Cc1ccc(C(=O)N(C(C)C)C(C)C)cn1)C(=O)OC. The van der Waals surface area contributed by atoms with Gasteiger partial charge in [0.25, 0.3) is 5.91 Å². The molecule has 29 heavy (non-hydrogen) atoms. The monoisotopic (exact) mass is 403 g/mol. The van der Waals surface area contributed by atoms with E-state index in [1.807, 2.05) is 33.8 Å². The summed E-state index contributed by atoms with van der Waals surface area (Å²) in [4.78, 5) is 43.7. The van der Waals surface area contributed by atoms with Gasteiger partial charge in [-0.05, 0) is 46.8 Å². The van der Waals surface area contributed by atoms with Crippen molar-refractivity contribution >= 4 is 17.8 Å². The molecular weight excluding hydrogens is 374 g/mol. The van der Waals surface area contributed by atoms with Gasteiger partial charge in [-0.2, -0.15) is 5.26 Å². The average Bonchev–Trinajstić information content (AvgIpc) is 2.66. The third kappa shape index (κ3) is 5.53. The van der Waals surface area contributed by atoms with Crippen LogP contribution in [0.25, 0.3) is 0 Å². The molecule has 1 aromatic rings. The minimum Gasteiger partial charge on any atom is -0.468 e. The highest BCUT2D eigenvalue weighted by atomic mass is 16.6. The summed E-state index contributed by atoms with van der Waals surface area (Å²) < 4.78 is 9.80. The average molecular weight is 403 g/mol. The zero-order valence-electron chi connectivity index (χ0n) is 17.9. The number of carbonyl (C=O) groups is 3. The molecule has 8 heteroatoms. The Bertz CT molecular complexity index is 760. The van der Waals surface area contributed by atoms with Gasteiger partial charge in [0.2, 0.25) is 0 Å². The molecule has 0 radical (unpaired) electrons. The zero-order chi connectivity index (χ0) is 22.2. The molecule has 0 saturated carbocycles. The van der Waals surface area contributed by atoms with E-state index in [9.17, 15) is 19.6 Å². The Hall–Kier alpha value is -2.95. The number of esters is 2. The molecule has 8 nitrogen and oxygen atoms in total. The molecule has 1 unspecified atom stereocenters. The summed E-state index contributed by atoms with van der Waals surface area (Å²) in [5.74, 6) is -1.85. The molecule has 1 atom stereocenters. The van der Waals surface area contributed by atoms with Crippen LogP contribution in [0.1, 0.15) is 57.1 Å². The highest BCUT2D eigenvalue weighted by molar-refractivity contribution is 6.00. The number of nitriles is 1. The van der Waals surface area contributed by atoms with Crippen molar-refractivity contribution in [2.24, 2.45) is 5.41 Å². The van der Waals surface area contributed by atoms with E-state index in [1.165, 1.54) is 6.20 Å². The van der Waals surface area contributed by atoms with Crippen molar-refractivity contribution in [1.29, 1.82) is 5.26 Å². The van der Waals surface area contributed by atoms with E-state index in [1.54, 1.807) is 24.0 Å². The fraction of sp³-hybridized carbons (Fsp3) is 0.571. The summed E-state index contributed by atoms with van der Waals surface area (Å²) in [6, 6.07) is 5.08. The Labute approximate surface area is 171 Å². The lowest BCUT2D eigenvalue weighted by molar-refractivity contribution is -0.170. The summed E-state index contributed by atoms with van der Waals surface area (Å²) in [5, 5.41) is 9.19. The molecule has 1 heterocycles. The van der Waals surface area contributed by atoms with Gasteiger partial charge in [-0.1, -0.05) is 0 Å². The van der Waals surface area contributed by atoms with E-state index < -0.39 is 23.8 Å². The first-order valence-corrected chi connectivity index (χ1v) is 9.54. The van der Waals surface area contributed by atoms with Gasteiger partial charge in [0, 0.05) is 30.4 Å². The molecule has 0 bridgehead atoms. The molecule has 0 fully saturated rings. The molecule has 0 aliphatic heterocycles. The van der Waals surface area contributed by atoms with Crippen molar-refractivity contribution in [1.82, 2.24) is 9.88 Å². The van der Waals surface area contributed by atoms with Gasteiger partial charge >= 0.3 is 11.9 Å². The van der Waals surface area contributed by atoms with E-state index >= 15 is 0 Å². The van der Waals surface area contributed by atoms with Crippen LogP contribution in [0.3, 0.4) is 0 Å². The quantitative estimate of drug-likeness (QED) is 0.460. The van der Waals surface area contributed by atoms with E-state index in [0.29, 0.717) is 11.3 Å². The van der Waals surface area contributed by atoms with E-state index in [4.69, 9.17) is 9.47 Å². The van der Waals surface area contributed by atoms with Crippen LogP contribution in [-0.2, 0) is 25.5 Å². The standard InChI is InChI=1S/C21H29N3O5/c1-7-29-20(27)21(10-11-22,19(26)28-6)12-17-9-8-16(13-23-17)18(25)24(14(2)3)15(4)5/h8-9,13-15H,7,10,12H2,1-6H3. The molecule has 158 valence electrons. The van der Waals surface area contributed by atoms with Gasteiger partial charge < -0.3 is 14.4 Å². The molecule has 0 aromatic carbocycles. The zero-order valence-corrected chi connectivity index (χ0v) is 17.9. The smallest absolute Gasteiger partial charge is 0.324 e. The Morgan fingerprint density at radius 3 is 2.21 bits per heavy atom. The van der Waals surface area contributed by atoms with E-state index in [2.05, 4.69) is 4.98 Å². The number of hydrogen-bond donors (Lipinski definition) is 0. The lowest BCUT2D eigenvalue weighted by Gasteiger charge is -2.30. The molecule has 1 aromatic heterocycles. The second-order valence-corrected chi connectivity index (χ2v) is 7.24. The van der Waals surface area contributed by atoms with Crippen LogP contribution in [0.2, 0.25) is 0 Å². The highest BCUT2D eigenvalue weighted by Gasteiger charge is 2.49. The van der Waals surface area contributed by atoms with Crippen LogP contribution in [0, 0.1) is 16.7 Å². The first-order chi connectivity index (χ1) is 13.6. The number of methoxy groups -OCH3 is 1. The normalized spacial score (nSPS) is 12.8. The maximum Gasteiger partial charge on any atom is 0.324 e. The lowest BCUT2D eigenvalue weighted by Crippen LogP contribution is -2.43. The second-order valence-electron chi connectivity index (χ2n) is 7.24. The Kier molecular flexibility index (Phi) is 8.77. The summed E-state index contributed by atoms with van der Waals surface area (Å²) in [6.07, 6.45) is 0.836. The Balaban J connectivity index is 3.23. The maximum atomic E-state index is 12.8. The Morgan fingerprint density at radius 2 is 1.79 bits per heavy atom. The van der Waals surface area contributed by atoms with Crippen molar-refractivity contribution in [3.05, 3.63) is 29.6 Å². The van der Waals surface area contributed by atoms with Gasteiger partial charge in [0.15, 0.2) is 5.41 Å². The van der Waals surface area contributed by atoms with Crippen molar-refractivity contribution in [3.8, 4) is 6.07 Å². The van der Waals surface area contributed by atoms with Crippen LogP contribution < -0.4 is 0 Å². The number of hydrogen-bond acceptors (Lipinski definition) is 7. The predicted molar refractivity (Wildman–Crippen MR) is 106 cm³/mol. The largest absolute Gasteiger partial charge is 0.468 e. The highest BCUT2D eigenvalue weighted by Crippen LogP contribution is 2.30. The molecular formula is C21H29N3O5. The lowest BCUT2D eigenvalue weighted by atomic mass is 9.80. The predicted octanol–water partition coefficient (Wildman–Crippen LogP) is 2.52. The molecule has 0 saturated heterocycles. The van der Waals surface area contributed by atoms with Crippen molar-refractivity contribution in [2.75, 3.05) is 13.7 Å². The number of carbonyl (C=O) groups excluding carboxylic acids is 3. The van der Waals surface area contributed by atoms with Crippen LogP contribution in [0.15, 0.2) is 18.3 Å². The molecule has 0 aliphatic rings. The van der Waals surface area contributed by atoms with Gasteiger partial charge in [-0.25, -0.2) is 0 Å². The topological polar surface area (TPSA) is 110 Å². The number of rotatable bonds is 9. The number of nitrogens with zero attached hydrogens (tertiary/aromatic N) is 3. The molecule has 1 amide bonds. The summed E-state index contributed by atoms with van der Waals surface area (Å²) in [7, 11) is 1.15. The summed E-state index contributed by atoms with van der Waals surface area (Å²) in [6.45, 7) is 9.42. The summed E-state index contributed by atoms with van der Waals surface area (Å²) >= 11 is 0. The molecule has 1 rings (SSSR count). The van der Waals surface area contributed by atoms with E-state index in [0.717, 1.165) is 7.11 Å². The van der Waals surface area contributed by atoms with Crippen molar-refractivity contribution in [2.45, 2.75) is 59.5 Å². The number of aromatic nitrogens is 1. The third-order valence-electron chi connectivity index (χ3n) is 4.52. The van der Waals surface area contributed by atoms with Gasteiger partial charge in [-0.3, -0.25) is 19.4 Å². The maximum absolute atomic E-state index is 12.8. The number of amides is 1. The van der Waals surface area contributed by atoms with Gasteiger partial charge in [0.05, 0.1) is 31.8 Å². The first kappa shape index (κ1) is 24.1. The number of ether oxygens (including phenoxy) is 2. The van der Waals surface area contributed by atoms with Crippen LogP contribution in [0.5, 0.6) is 0 Å². The second kappa shape index (κ2) is 10.6. The van der Waals surface area contributed by atoms with Gasteiger partial charge in [-0.15, -0.1) is 0 Å². The minimum absolute atomic E-state index is 0.0218. The van der Waals surface area contributed by atoms with Crippen LogP contribution >= 0.6 is 0 Å². The van der Waals surface area contributed by atoms with E-state index in [-0.39, 0.29) is 31.0 Å². The minimum atomic E-state index is -1.81. The van der Waals surface area contributed by atoms with Crippen LogP contribution in [0.4, 0.5) is 0 Å². The van der Waals surface area contributed by atoms with Crippen LogP contribution in [-0.4, -0.2) is 53.5 Å². The fourth-order valence-electron chi connectivity index (χ4n) is 3.21. The van der Waals surface area contributed by atoms with Crippen molar-refractivity contribution in [3.63, 3.8) is 0 Å². The Morgan fingerprint density at radius 1 is 1.17 bits per heavy atom. The van der Waals surface area contributed by atoms with Gasteiger partial charge in [0.1, 0.15) is 0 Å². The first-order valence-electron chi connectivity index (χ1n) is 9.54. The molecule has 0 spiro atoms. The summed E-state index contributed by atoms with van der Waals surface area (Å²) in [5.41, 5.74) is -1.04. The fourth-order valence-corrected chi connectivity index (χ4v) is 3.21. The third-order valence-corrected chi connectivity index (χ3v) is 4.52.